The van der Waals surface area contributed by atoms with Crippen molar-refractivity contribution in [3.8, 4) is 0 Å². The second kappa shape index (κ2) is 6.36. The number of halogens is 2. The van der Waals surface area contributed by atoms with Gasteiger partial charge in [0.2, 0.25) is 0 Å². The highest BCUT2D eigenvalue weighted by Gasteiger charge is 2.34. The standard InChI is InChI=1S/C13H20BrClN2O2S/c1-3-11-13(14)12(17(2)16-11)6-10(7-15)9-4-5-20(18,19)8-9/h9-10H,3-8H2,1-2H3. The lowest BCUT2D eigenvalue weighted by molar-refractivity contribution is 0.389. The first kappa shape index (κ1) is 16.3. The fraction of sp³-hybridized carbons (Fsp3) is 0.769. The number of sulfone groups is 1. The van der Waals surface area contributed by atoms with Crippen LogP contribution in [0.4, 0.5) is 0 Å². The number of nitrogens with zero attached hydrogens (tertiary/aromatic N) is 2. The number of rotatable bonds is 5. The monoisotopic (exact) mass is 382 g/mol. The van der Waals surface area contributed by atoms with Gasteiger partial charge in [-0.05, 0) is 47.0 Å². The Bertz CT molecular complexity index is 585. The van der Waals surface area contributed by atoms with Crippen LogP contribution in [-0.4, -0.2) is 35.6 Å². The predicted octanol–water partition coefficient (Wildman–Crippen LogP) is 2.58. The molecule has 2 rings (SSSR count). The smallest absolute Gasteiger partial charge is 0.150 e. The van der Waals surface area contributed by atoms with Crippen LogP contribution in [0.3, 0.4) is 0 Å². The summed E-state index contributed by atoms with van der Waals surface area (Å²) in [4.78, 5) is 0. The third-order valence-corrected chi connectivity index (χ3v) is 7.20. The van der Waals surface area contributed by atoms with E-state index in [1.807, 2.05) is 11.7 Å². The molecule has 7 heteroatoms. The van der Waals surface area contributed by atoms with Gasteiger partial charge in [-0.1, -0.05) is 6.92 Å². The maximum Gasteiger partial charge on any atom is 0.150 e. The number of aromatic nitrogens is 2. The van der Waals surface area contributed by atoms with E-state index in [4.69, 9.17) is 11.6 Å². The van der Waals surface area contributed by atoms with Crippen molar-refractivity contribution >= 4 is 37.4 Å². The lowest BCUT2D eigenvalue weighted by Crippen LogP contribution is -2.21. The van der Waals surface area contributed by atoms with Gasteiger partial charge in [0.05, 0.1) is 27.4 Å². The summed E-state index contributed by atoms with van der Waals surface area (Å²) in [5, 5.41) is 4.48. The summed E-state index contributed by atoms with van der Waals surface area (Å²) in [6, 6.07) is 0. The van der Waals surface area contributed by atoms with Gasteiger partial charge in [0.1, 0.15) is 0 Å². The van der Waals surface area contributed by atoms with E-state index < -0.39 is 9.84 Å². The largest absolute Gasteiger partial charge is 0.271 e. The molecule has 1 fully saturated rings. The van der Waals surface area contributed by atoms with Crippen molar-refractivity contribution in [2.45, 2.75) is 26.2 Å². The van der Waals surface area contributed by atoms with Crippen LogP contribution in [0.25, 0.3) is 0 Å². The first-order chi connectivity index (χ1) is 9.38. The van der Waals surface area contributed by atoms with Crippen LogP contribution in [0.15, 0.2) is 4.47 Å². The molecule has 2 unspecified atom stereocenters. The van der Waals surface area contributed by atoms with Crippen LogP contribution < -0.4 is 0 Å². The molecular formula is C13H20BrClN2O2S. The molecule has 0 radical (unpaired) electrons. The summed E-state index contributed by atoms with van der Waals surface area (Å²) in [5.74, 6) is 1.42. The van der Waals surface area contributed by atoms with Crippen LogP contribution in [-0.2, 0) is 29.7 Å². The third-order valence-electron chi connectivity index (χ3n) is 4.09. The lowest BCUT2D eigenvalue weighted by Gasteiger charge is -2.20. The topological polar surface area (TPSA) is 52.0 Å². The van der Waals surface area contributed by atoms with Crippen molar-refractivity contribution in [2.24, 2.45) is 18.9 Å². The maximum atomic E-state index is 11.6. The zero-order valence-corrected chi connectivity index (χ0v) is 14.9. The second-order valence-electron chi connectivity index (χ2n) is 5.47. The number of aryl methyl sites for hydroxylation is 2. The summed E-state index contributed by atoms with van der Waals surface area (Å²) in [6.07, 6.45) is 2.38. The Morgan fingerprint density at radius 1 is 1.55 bits per heavy atom. The van der Waals surface area contributed by atoms with Gasteiger partial charge in [-0.3, -0.25) is 4.68 Å². The highest BCUT2D eigenvalue weighted by Crippen LogP contribution is 2.32. The first-order valence-corrected chi connectivity index (χ1v) is 9.99. The zero-order chi connectivity index (χ0) is 14.9. The molecular weight excluding hydrogens is 364 g/mol. The summed E-state index contributed by atoms with van der Waals surface area (Å²) in [6.45, 7) is 2.07. The molecule has 0 N–H and O–H groups in total. The predicted molar refractivity (Wildman–Crippen MR) is 85.0 cm³/mol. The molecule has 114 valence electrons. The van der Waals surface area contributed by atoms with Crippen LogP contribution in [0, 0.1) is 11.8 Å². The molecule has 0 aromatic carbocycles. The normalized spacial score (nSPS) is 23.1. The minimum Gasteiger partial charge on any atom is -0.271 e. The fourth-order valence-corrected chi connectivity index (χ4v) is 5.89. The molecule has 1 aliphatic rings. The van der Waals surface area contributed by atoms with Gasteiger partial charge in [0.25, 0.3) is 0 Å². The van der Waals surface area contributed by atoms with Crippen molar-refractivity contribution in [3.63, 3.8) is 0 Å². The minimum atomic E-state index is -2.86. The average Bonchev–Trinajstić information content (AvgIpc) is 2.88. The Labute approximate surface area is 133 Å². The van der Waals surface area contributed by atoms with E-state index in [0.29, 0.717) is 11.6 Å². The van der Waals surface area contributed by atoms with Gasteiger partial charge in [-0.2, -0.15) is 5.10 Å². The lowest BCUT2D eigenvalue weighted by atomic mass is 9.89. The van der Waals surface area contributed by atoms with E-state index in [1.165, 1.54) is 0 Å². The summed E-state index contributed by atoms with van der Waals surface area (Å²) < 4.78 is 26.2. The van der Waals surface area contributed by atoms with Crippen LogP contribution in [0.2, 0.25) is 0 Å². The van der Waals surface area contributed by atoms with E-state index in [9.17, 15) is 8.42 Å². The molecule has 0 aliphatic carbocycles. The van der Waals surface area contributed by atoms with Crippen molar-refractivity contribution in [2.75, 3.05) is 17.4 Å². The quantitative estimate of drug-likeness (QED) is 0.734. The van der Waals surface area contributed by atoms with Crippen molar-refractivity contribution in [1.82, 2.24) is 9.78 Å². The Kier molecular flexibility index (Phi) is 5.19. The highest BCUT2D eigenvalue weighted by atomic mass is 79.9. The number of hydrogen-bond acceptors (Lipinski definition) is 3. The van der Waals surface area contributed by atoms with Crippen LogP contribution >= 0.6 is 27.5 Å². The van der Waals surface area contributed by atoms with E-state index in [1.54, 1.807) is 0 Å². The molecule has 1 saturated heterocycles. The summed E-state index contributed by atoms with van der Waals surface area (Å²) in [7, 11) is -0.929. The molecule has 0 amide bonds. The molecule has 1 aromatic rings. The zero-order valence-electron chi connectivity index (χ0n) is 11.8. The molecule has 1 aliphatic heterocycles. The Morgan fingerprint density at radius 3 is 2.70 bits per heavy atom. The molecule has 0 spiro atoms. The Hall–Kier alpha value is -0.0700. The second-order valence-corrected chi connectivity index (χ2v) is 8.80. The van der Waals surface area contributed by atoms with Gasteiger partial charge in [-0.25, -0.2) is 8.42 Å². The molecule has 20 heavy (non-hydrogen) atoms. The number of alkyl halides is 1. The minimum absolute atomic E-state index is 0.171. The van der Waals surface area contributed by atoms with E-state index in [-0.39, 0.29) is 17.6 Å². The van der Waals surface area contributed by atoms with Gasteiger partial charge < -0.3 is 0 Å². The van der Waals surface area contributed by atoms with Crippen molar-refractivity contribution < 1.29 is 8.42 Å². The molecule has 2 atom stereocenters. The molecule has 2 heterocycles. The molecule has 0 saturated carbocycles. The average molecular weight is 384 g/mol. The van der Waals surface area contributed by atoms with Crippen molar-refractivity contribution in [3.05, 3.63) is 15.9 Å². The van der Waals surface area contributed by atoms with E-state index in [2.05, 4.69) is 28.0 Å². The maximum absolute atomic E-state index is 11.6. The Balaban J connectivity index is 2.17. The van der Waals surface area contributed by atoms with Crippen LogP contribution in [0.5, 0.6) is 0 Å². The van der Waals surface area contributed by atoms with Gasteiger partial charge in [0, 0.05) is 12.9 Å². The number of hydrogen-bond donors (Lipinski definition) is 0. The van der Waals surface area contributed by atoms with E-state index >= 15 is 0 Å². The van der Waals surface area contributed by atoms with E-state index in [0.717, 1.165) is 35.1 Å². The SMILES string of the molecule is CCc1nn(C)c(CC(CCl)C2CCS(=O)(=O)C2)c1Br. The molecule has 4 nitrogen and oxygen atoms in total. The highest BCUT2D eigenvalue weighted by molar-refractivity contribution is 9.10. The summed E-state index contributed by atoms with van der Waals surface area (Å²) >= 11 is 9.70. The first-order valence-electron chi connectivity index (χ1n) is 6.84. The summed E-state index contributed by atoms with van der Waals surface area (Å²) in [5.41, 5.74) is 2.15. The Morgan fingerprint density at radius 2 is 2.25 bits per heavy atom. The van der Waals surface area contributed by atoms with Gasteiger partial charge >= 0.3 is 0 Å². The van der Waals surface area contributed by atoms with Crippen LogP contribution in [0.1, 0.15) is 24.7 Å². The molecule has 0 bridgehead atoms. The third kappa shape index (κ3) is 3.39. The van der Waals surface area contributed by atoms with Crippen molar-refractivity contribution in [1.29, 1.82) is 0 Å². The fourth-order valence-electron chi connectivity index (χ4n) is 2.83. The van der Waals surface area contributed by atoms with Gasteiger partial charge in [0.15, 0.2) is 9.84 Å². The van der Waals surface area contributed by atoms with Gasteiger partial charge in [-0.15, -0.1) is 11.6 Å². The molecule has 1 aromatic heterocycles.